The van der Waals surface area contributed by atoms with Crippen LogP contribution >= 0.6 is 11.8 Å². The molecule has 1 atom stereocenters. The van der Waals surface area contributed by atoms with Crippen LogP contribution in [-0.2, 0) is 0 Å². The van der Waals surface area contributed by atoms with Gasteiger partial charge in [-0.15, -0.1) is 11.8 Å². The molecule has 2 aromatic rings. The normalized spacial score (nSPS) is 16.9. The van der Waals surface area contributed by atoms with E-state index in [4.69, 9.17) is 4.74 Å². The number of halogens is 1. The third kappa shape index (κ3) is 4.34. The molecule has 3 rings (SSSR count). The molecular formula is C20H22FNO2S. The predicted molar refractivity (Wildman–Crippen MR) is 99.5 cm³/mol. The van der Waals surface area contributed by atoms with Crippen LogP contribution in [0.25, 0.3) is 0 Å². The lowest BCUT2D eigenvalue weighted by Crippen LogP contribution is -2.30. The number of nitrogens with zero attached hydrogens (tertiary/aromatic N) is 1. The molecule has 2 aromatic carbocycles. The van der Waals surface area contributed by atoms with E-state index < -0.39 is 0 Å². The highest BCUT2D eigenvalue weighted by molar-refractivity contribution is 7.99. The maximum absolute atomic E-state index is 13.5. The third-order valence-corrected chi connectivity index (χ3v) is 5.41. The Labute approximate surface area is 152 Å². The van der Waals surface area contributed by atoms with Gasteiger partial charge in [-0.2, -0.15) is 0 Å². The Bertz CT molecular complexity index is 720. The molecule has 0 bridgehead atoms. The monoisotopic (exact) mass is 359 g/mol. The molecule has 132 valence electrons. The maximum Gasteiger partial charge on any atom is 0.255 e. The van der Waals surface area contributed by atoms with Crippen LogP contribution in [0.3, 0.4) is 0 Å². The Hall–Kier alpha value is -2.01. The highest BCUT2D eigenvalue weighted by Crippen LogP contribution is 2.38. The molecule has 1 amide bonds. The van der Waals surface area contributed by atoms with Crippen LogP contribution in [0, 0.1) is 5.82 Å². The van der Waals surface area contributed by atoms with Crippen molar-refractivity contribution in [2.45, 2.75) is 25.1 Å². The fourth-order valence-electron chi connectivity index (χ4n) is 2.81. The van der Waals surface area contributed by atoms with E-state index >= 15 is 0 Å². The molecule has 0 unspecified atom stereocenters. The molecule has 0 spiro atoms. The van der Waals surface area contributed by atoms with Gasteiger partial charge >= 0.3 is 0 Å². The van der Waals surface area contributed by atoms with Crippen LogP contribution in [0.5, 0.6) is 5.75 Å². The first kappa shape index (κ1) is 17.8. The van der Waals surface area contributed by atoms with Gasteiger partial charge in [0.25, 0.3) is 5.91 Å². The summed E-state index contributed by atoms with van der Waals surface area (Å²) in [6, 6.07) is 13.8. The van der Waals surface area contributed by atoms with Gasteiger partial charge in [0.2, 0.25) is 0 Å². The van der Waals surface area contributed by atoms with E-state index in [1.54, 1.807) is 30.0 Å². The van der Waals surface area contributed by atoms with Crippen LogP contribution in [0.15, 0.2) is 48.5 Å². The minimum Gasteiger partial charge on any atom is -0.494 e. The molecule has 3 nitrogen and oxygen atoms in total. The summed E-state index contributed by atoms with van der Waals surface area (Å²) < 4.78 is 19.2. The van der Waals surface area contributed by atoms with Crippen molar-refractivity contribution in [1.82, 2.24) is 4.90 Å². The van der Waals surface area contributed by atoms with Crippen LogP contribution < -0.4 is 4.74 Å². The molecule has 0 saturated carbocycles. The molecule has 1 aliphatic rings. The third-order valence-electron chi connectivity index (χ3n) is 4.15. The molecule has 0 radical (unpaired) electrons. The van der Waals surface area contributed by atoms with Gasteiger partial charge in [0.1, 0.15) is 16.9 Å². The van der Waals surface area contributed by atoms with E-state index in [2.05, 4.69) is 6.92 Å². The molecular weight excluding hydrogens is 337 g/mol. The van der Waals surface area contributed by atoms with Gasteiger partial charge in [0, 0.05) is 17.9 Å². The fourth-order valence-corrected chi connectivity index (χ4v) is 4.05. The van der Waals surface area contributed by atoms with E-state index in [1.165, 1.54) is 12.1 Å². The quantitative estimate of drug-likeness (QED) is 0.688. The number of amides is 1. The lowest BCUT2D eigenvalue weighted by molar-refractivity contribution is 0.0760. The zero-order valence-corrected chi connectivity index (χ0v) is 15.1. The van der Waals surface area contributed by atoms with Crippen molar-refractivity contribution in [3.05, 3.63) is 65.5 Å². The summed E-state index contributed by atoms with van der Waals surface area (Å²) in [5, 5.41) is -0.135. The average Bonchev–Trinajstić information content (AvgIpc) is 3.12. The first-order valence-electron chi connectivity index (χ1n) is 8.60. The summed E-state index contributed by atoms with van der Waals surface area (Å²) >= 11 is 1.67. The van der Waals surface area contributed by atoms with Gasteiger partial charge in [-0.3, -0.25) is 4.79 Å². The molecule has 1 heterocycles. The van der Waals surface area contributed by atoms with Crippen molar-refractivity contribution in [3.63, 3.8) is 0 Å². The van der Waals surface area contributed by atoms with Crippen LogP contribution in [-0.4, -0.2) is 29.7 Å². The first-order valence-corrected chi connectivity index (χ1v) is 9.65. The minimum absolute atomic E-state index is 0.0284. The Morgan fingerprint density at radius 3 is 2.80 bits per heavy atom. The molecule has 25 heavy (non-hydrogen) atoms. The molecule has 5 heteroatoms. The molecule has 0 aliphatic carbocycles. The summed E-state index contributed by atoms with van der Waals surface area (Å²) in [4.78, 5) is 14.7. The summed E-state index contributed by atoms with van der Waals surface area (Å²) in [5.74, 6) is 1.33. The lowest BCUT2D eigenvalue weighted by atomic mass is 10.1. The second kappa shape index (κ2) is 8.39. The summed E-state index contributed by atoms with van der Waals surface area (Å²) in [6.45, 7) is 3.47. The Morgan fingerprint density at radius 1 is 1.28 bits per heavy atom. The lowest BCUT2D eigenvalue weighted by Gasteiger charge is -2.24. The predicted octanol–water partition coefficient (Wildman–Crippen LogP) is 4.89. The standard InChI is InChI=1S/C20H22FNO2S/c1-2-3-12-24-18-9-7-15(8-10-18)19(23)22-11-13-25-20(22)16-5-4-6-17(21)14-16/h4-10,14,20H,2-3,11-13H2,1H3/t20-/m0/s1. The van der Waals surface area contributed by atoms with Gasteiger partial charge < -0.3 is 9.64 Å². The SMILES string of the molecule is CCCCOc1ccc(C(=O)N2CCS[C@H]2c2cccc(F)c2)cc1. The molecule has 1 saturated heterocycles. The largest absolute Gasteiger partial charge is 0.494 e. The van der Waals surface area contributed by atoms with Crippen molar-refractivity contribution in [2.24, 2.45) is 0 Å². The Kier molecular flexibility index (Phi) is 5.97. The maximum atomic E-state index is 13.5. The zero-order chi connectivity index (χ0) is 17.6. The van der Waals surface area contributed by atoms with Gasteiger partial charge in [0.05, 0.1) is 6.61 Å². The number of unbranched alkanes of at least 4 members (excludes halogenated alkanes) is 1. The van der Waals surface area contributed by atoms with Crippen molar-refractivity contribution in [2.75, 3.05) is 18.9 Å². The highest BCUT2D eigenvalue weighted by atomic mass is 32.2. The van der Waals surface area contributed by atoms with Gasteiger partial charge in [-0.25, -0.2) is 4.39 Å². The topological polar surface area (TPSA) is 29.5 Å². The number of carbonyl (C=O) groups excluding carboxylic acids is 1. The van der Waals surface area contributed by atoms with E-state index in [1.807, 2.05) is 23.1 Å². The number of benzene rings is 2. The minimum atomic E-state index is -0.272. The number of hydrogen-bond donors (Lipinski definition) is 0. The number of hydrogen-bond acceptors (Lipinski definition) is 3. The number of carbonyl (C=O) groups is 1. The molecule has 0 N–H and O–H groups in total. The van der Waals surface area contributed by atoms with Gasteiger partial charge in [0.15, 0.2) is 0 Å². The van der Waals surface area contributed by atoms with Gasteiger partial charge in [-0.05, 0) is 48.4 Å². The van der Waals surface area contributed by atoms with Crippen LogP contribution in [0.1, 0.15) is 41.1 Å². The van der Waals surface area contributed by atoms with E-state index in [0.29, 0.717) is 18.7 Å². The van der Waals surface area contributed by atoms with Crippen LogP contribution in [0.4, 0.5) is 4.39 Å². The fraction of sp³-hybridized carbons (Fsp3) is 0.350. The second-order valence-electron chi connectivity index (χ2n) is 6.00. The van der Waals surface area contributed by atoms with Crippen molar-refractivity contribution in [1.29, 1.82) is 0 Å². The van der Waals surface area contributed by atoms with Crippen molar-refractivity contribution >= 4 is 17.7 Å². The Morgan fingerprint density at radius 2 is 2.08 bits per heavy atom. The summed E-state index contributed by atoms with van der Waals surface area (Å²) in [6.07, 6.45) is 2.10. The number of ether oxygens (including phenoxy) is 1. The first-order chi connectivity index (χ1) is 12.2. The summed E-state index contributed by atoms with van der Waals surface area (Å²) in [7, 11) is 0. The zero-order valence-electron chi connectivity index (χ0n) is 14.3. The molecule has 1 aliphatic heterocycles. The smallest absolute Gasteiger partial charge is 0.255 e. The molecule has 0 aromatic heterocycles. The summed E-state index contributed by atoms with van der Waals surface area (Å²) in [5.41, 5.74) is 1.46. The second-order valence-corrected chi connectivity index (χ2v) is 7.19. The average molecular weight is 359 g/mol. The number of rotatable bonds is 6. The van der Waals surface area contributed by atoms with E-state index in [9.17, 15) is 9.18 Å². The highest BCUT2D eigenvalue weighted by Gasteiger charge is 2.31. The van der Waals surface area contributed by atoms with E-state index in [0.717, 1.165) is 29.9 Å². The van der Waals surface area contributed by atoms with Crippen LogP contribution in [0.2, 0.25) is 0 Å². The molecule has 1 fully saturated rings. The van der Waals surface area contributed by atoms with Gasteiger partial charge in [-0.1, -0.05) is 25.5 Å². The number of thioether (sulfide) groups is 1. The Balaban J connectivity index is 1.71. The van der Waals surface area contributed by atoms with Crippen molar-refractivity contribution < 1.29 is 13.9 Å². The van der Waals surface area contributed by atoms with E-state index in [-0.39, 0.29) is 17.1 Å². The van der Waals surface area contributed by atoms with Crippen molar-refractivity contribution in [3.8, 4) is 5.75 Å².